The molecule has 2 aromatic rings. The second-order valence-electron chi connectivity index (χ2n) is 7.41. The Morgan fingerprint density at radius 1 is 1.38 bits per heavy atom. The number of aromatic nitrogens is 2. The molecule has 1 aliphatic heterocycles. The van der Waals surface area contributed by atoms with Gasteiger partial charge in [0.2, 0.25) is 0 Å². The van der Waals surface area contributed by atoms with E-state index in [9.17, 15) is 5.11 Å². The second-order valence-corrected chi connectivity index (χ2v) is 7.84. The third-order valence-electron chi connectivity index (χ3n) is 5.31. The molecule has 1 aromatic carbocycles. The lowest BCUT2D eigenvalue weighted by molar-refractivity contribution is 0.131. The van der Waals surface area contributed by atoms with E-state index in [-0.39, 0.29) is 18.1 Å². The highest BCUT2D eigenvalue weighted by atomic mass is 35.5. The minimum atomic E-state index is -0.0747. The van der Waals surface area contributed by atoms with Crippen LogP contribution in [0.15, 0.2) is 47.7 Å². The summed E-state index contributed by atoms with van der Waals surface area (Å²) < 4.78 is 7.50. The molecule has 3 N–H and O–H groups in total. The van der Waals surface area contributed by atoms with Gasteiger partial charge in [-0.15, -0.1) is 0 Å². The monoisotopic (exact) mass is 419 g/mol. The van der Waals surface area contributed by atoms with E-state index in [1.807, 2.05) is 48.1 Å². The average Bonchev–Trinajstić information content (AvgIpc) is 3.41. The highest BCUT2D eigenvalue weighted by Gasteiger charge is 2.34. The first-order chi connectivity index (χ1) is 14.2. The zero-order valence-electron chi connectivity index (χ0n) is 16.9. The average molecular weight is 420 g/mol. The van der Waals surface area contributed by atoms with Crippen LogP contribution in [0, 0.1) is 5.41 Å². The molecule has 8 heteroatoms. The number of hydrogen-bond donors (Lipinski definition) is 3. The van der Waals surface area contributed by atoms with Crippen molar-refractivity contribution in [1.29, 1.82) is 0 Å². The number of aliphatic hydroxyl groups excluding tert-OH is 1. The second kappa shape index (κ2) is 10.6. The summed E-state index contributed by atoms with van der Waals surface area (Å²) >= 11 is 6.06. The normalized spacial score (nSPS) is 20.6. The highest BCUT2D eigenvalue weighted by Crippen LogP contribution is 2.32. The molecule has 0 saturated carbocycles. The molecule has 1 aromatic heterocycles. The molecule has 7 nitrogen and oxygen atoms in total. The Morgan fingerprint density at radius 2 is 2.21 bits per heavy atom. The van der Waals surface area contributed by atoms with Gasteiger partial charge < -0.3 is 20.5 Å². The molecular weight excluding hydrogens is 390 g/mol. The van der Waals surface area contributed by atoms with Crippen molar-refractivity contribution in [3.63, 3.8) is 0 Å². The molecule has 0 aliphatic carbocycles. The summed E-state index contributed by atoms with van der Waals surface area (Å²) in [5.74, 6) is 0.753. The first-order valence-electron chi connectivity index (χ1n) is 10.1. The number of nitrogens with zero attached hydrogens (tertiary/aromatic N) is 3. The molecule has 2 atom stereocenters. The van der Waals surface area contributed by atoms with E-state index in [1.165, 1.54) is 0 Å². The molecule has 0 radical (unpaired) electrons. The van der Waals surface area contributed by atoms with Gasteiger partial charge in [0, 0.05) is 49.1 Å². The van der Waals surface area contributed by atoms with Crippen molar-refractivity contribution in [2.45, 2.75) is 25.8 Å². The lowest BCUT2D eigenvalue weighted by Crippen LogP contribution is -2.41. The van der Waals surface area contributed by atoms with E-state index in [0.717, 1.165) is 31.1 Å². The lowest BCUT2D eigenvalue weighted by Gasteiger charge is -2.25. The number of rotatable bonds is 9. The molecule has 0 spiro atoms. The van der Waals surface area contributed by atoms with Crippen LogP contribution in [0.1, 0.15) is 31.4 Å². The summed E-state index contributed by atoms with van der Waals surface area (Å²) in [5, 5.41) is 21.3. The van der Waals surface area contributed by atoms with E-state index in [4.69, 9.17) is 21.3 Å². The molecule has 2 unspecified atom stereocenters. The third-order valence-corrected chi connectivity index (χ3v) is 5.56. The topological polar surface area (TPSA) is 83.7 Å². The molecule has 2 heterocycles. The van der Waals surface area contributed by atoms with Crippen molar-refractivity contribution in [2.75, 3.05) is 39.5 Å². The van der Waals surface area contributed by atoms with E-state index in [2.05, 4.69) is 15.7 Å². The Morgan fingerprint density at radius 3 is 2.83 bits per heavy atom. The van der Waals surface area contributed by atoms with Crippen molar-refractivity contribution in [2.24, 2.45) is 10.4 Å². The van der Waals surface area contributed by atoms with Gasteiger partial charge in [0.25, 0.3) is 0 Å². The minimum absolute atomic E-state index is 0.00680. The fraction of sp³-hybridized carbons (Fsp3) is 0.524. The Kier molecular flexibility index (Phi) is 7.91. The fourth-order valence-corrected chi connectivity index (χ4v) is 3.71. The minimum Gasteiger partial charge on any atom is -0.396 e. The smallest absolute Gasteiger partial charge is 0.191 e. The van der Waals surface area contributed by atoms with Crippen molar-refractivity contribution in [3.8, 4) is 0 Å². The Bertz CT molecular complexity index is 758. The SMILES string of the molecule is CCNC(=NCC1(CCO)CCOC1)NCC(c1ccc(Cl)cc1)n1cccn1. The third kappa shape index (κ3) is 5.95. The first-order valence-corrected chi connectivity index (χ1v) is 10.5. The summed E-state index contributed by atoms with van der Waals surface area (Å²) in [5.41, 5.74) is 1.04. The summed E-state index contributed by atoms with van der Waals surface area (Å²) in [6, 6.07) is 9.75. The van der Waals surface area contributed by atoms with Crippen LogP contribution in [0.5, 0.6) is 0 Å². The van der Waals surface area contributed by atoms with Crippen molar-refractivity contribution >= 4 is 17.6 Å². The van der Waals surface area contributed by atoms with Gasteiger partial charge in [0.1, 0.15) is 0 Å². The van der Waals surface area contributed by atoms with Crippen LogP contribution >= 0.6 is 11.6 Å². The predicted molar refractivity (Wildman–Crippen MR) is 115 cm³/mol. The largest absolute Gasteiger partial charge is 0.396 e. The van der Waals surface area contributed by atoms with E-state index >= 15 is 0 Å². The van der Waals surface area contributed by atoms with Crippen LogP contribution in [-0.4, -0.2) is 60.3 Å². The molecule has 1 saturated heterocycles. The Balaban J connectivity index is 1.71. The quantitative estimate of drug-likeness (QED) is 0.429. The van der Waals surface area contributed by atoms with E-state index in [1.54, 1.807) is 6.20 Å². The van der Waals surface area contributed by atoms with Crippen LogP contribution in [0.2, 0.25) is 5.02 Å². The molecule has 1 fully saturated rings. The fourth-order valence-electron chi connectivity index (χ4n) is 3.58. The van der Waals surface area contributed by atoms with Crippen LogP contribution in [0.25, 0.3) is 0 Å². The predicted octanol–water partition coefficient (Wildman–Crippen LogP) is 2.47. The zero-order valence-corrected chi connectivity index (χ0v) is 17.6. The maximum Gasteiger partial charge on any atom is 0.191 e. The molecule has 0 bridgehead atoms. The van der Waals surface area contributed by atoms with Crippen molar-refractivity contribution in [3.05, 3.63) is 53.3 Å². The van der Waals surface area contributed by atoms with Crippen LogP contribution in [-0.2, 0) is 4.74 Å². The number of hydrogen-bond acceptors (Lipinski definition) is 4. The molecule has 29 heavy (non-hydrogen) atoms. The summed E-state index contributed by atoms with van der Waals surface area (Å²) in [6.07, 6.45) is 5.37. The van der Waals surface area contributed by atoms with Gasteiger partial charge in [0.05, 0.1) is 19.2 Å². The van der Waals surface area contributed by atoms with Crippen molar-refractivity contribution < 1.29 is 9.84 Å². The molecular formula is C21H30ClN5O2. The zero-order chi connectivity index (χ0) is 20.5. The van der Waals surface area contributed by atoms with Gasteiger partial charge >= 0.3 is 0 Å². The molecule has 158 valence electrons. The standard InChI is InChI=1S/C21H30ClN5O2/c1-2-23-20(25-15-21(8-12-28)9-13-29-16-21)24-14-19(27-11-3-10-26-27)17-4-6-18(22)7-5-17/h3-7,10-11,19,28H,2,8-9,12-16H2,1H3,(H2,23,24,25). The molecule has 3 rings (SSSR count). The maximum atomic E-state index is 9.43. The summed E-state index contributed by atoms with van der Waals surface area (Å²) in [6.45, 7) is 5.59. The van der Waals surface area contributed by atoms with Crippen molar-refractivity contribution in [1.82, 2.24) is 20.4 Å². The Labute approximate surface area is 177 Å². The number of ether oxygens (including phenoxy) is 1. The van der Waals surface area contributed by atoms with Gasteiger partial charge in [-0.25, -0.2) is 0 Å². The highest BCUT2D eigenvalue weighted by molar-refractivity contribution is 6.30. The van der Waals surface area contributed by atoms with Gasteiger partial charge in [-0.1, -0.05) is 23.7 Å². The van der Waals surface area contributed by atoms with Gasteiger partial charge in [-0.05, 0) is 43.5 Å². The lowest BCUT2D eigenvalue weighted by atomic mass is 9.84. The van der Waals surface area contributed by atoms with E-state index in [0.29, 0.717) is 31.1 Å². The Hall–Kier alpha value is -2.09. The van der Waals surface area contributed by atoms with Crippen LogP contribution in [0.4, 0.5) is 0 Å². The van der Waals surface area contributed by atoms with E-state index < -0.39 is 0 Å². The summed E-state index contributed by atoms with van der Waals surface area (Å²) in [4.78, 5) is 4.80. The summed E-state index contributed by atoms with van der Waals surface area (Å²) in [7, 11) is 0. The van der Waals surface area contributed by atoms with Gasteiger partial charge in [0.15, 0.2) is 5.96 Å². The van der Waals surface area contributed by atoms with Gasteiger partial charge in [-0.3, -0.25) is 9.67 Å². The maximum absolute atomic E-state index is 9.43. The number of guanidine groups is 1. The number of halogens is 1. The van der Waals surface area contributed by atoms with Crippen LogP contribution in [0.3, 0.4) is 0 Å². The first kappa shape index (κ1) is 21.6. The number of aliphatic imine (C=N–C) groups is 1. The number of aliphatic hydroxyl groups is 1. The number of nitrogens with one attached hydrogen (secondary N) is 2. The molecule has 1 aliphatic rings. The number of benzene rings is 1. The van der Waals surface area contributed by atoms with Crippen LogP contribution < -0.4 is 10.6 Å². The molecule has 0 amide bonds. The van der Waals surface area contributed by atoms with Gasteiger partial charge in [-0.2, -0.15) is 5.10 Å².